The van der Waals surface area contributed by atoms with Gasteiger partial charge in [-0.05, 0) is 12.8 Å². The number of ether oxygens (including phenoxy) is 1. The van der Waals surface area contributed by atoms with E-state index < -0.39 is 0 Å². The number of aliphatic hydroxyl groups is 2. The van der Waals surface area contributed by atoms with Crippen LogP contribution in [0, 0.1) is 0 Å². The first-order valence-electron chi connectivity index (χ1n) is 10.1. The summed E-state index contributed by atoms with van der Waals surface area (Å²) >= 11 is 0. The summed E-state index contributed by atoms with van der Waals surface area (Å²) in [5, 5.41) is 15.2. The van der Waals surface area contributed by atoms with E-state index in [0.717, 1.165) is 13.2 Å². The van der Waals surface area contributed by atoms with Gasteiger partial charge in [0.2, 0.25) is 0 Å². The van der Waals surface area contributed by atoms with E-state index in [9.17, 15) is 0 Å². The van der Waals surface area contributed by atoms with E-state index in [1.54, 1.807) is 0 Å². The molecule has 172 valence electrons. The van der Waals surface area contributed by atoms with E-state index in [0.29, 0.717) is 0 Å². The van der Waals surface area contributed by atoms with Crippen molar-refractivity contribution in [2.45, 2.75) is 71.6 Å². The summed E-state index contributed by atoms with van der Waals surface area (Å²) in [7, 11) is 0. The molecule has 0 aromatic carbocycles. The Kier molecular flexibility index (Phi) is 158. The van der Waals surface area contributed by atoms with Gasteiger partial charge in [0.1, 0.15) is 0 Å². The Morgan fingerprint density at radius 3 is 0.964 bits per heavy atom. The predicted octanol–water partition coefficient (Wildman–Crippen LogP) is 7.54. The van der Waals surface area contributed by atoms with Crippen LogP contribution in [-0.2, 0) is 4.74 Å². The molecule has 0 aliphatic rings. The molecule has 0 spiro atoms. The Labute approximate surface area is 179 Å². The minimum atomic E-state index is -0.125. The van der Waals surface area contributed by atoms with Crippen molar-refractivity contribution in [3.05, 3.63) is 65.8 Å². The molecule has 28 heavy (non-hydrogen) atoms. The van der Waals surface area contributed by atoms with Gasteiger partial charge in [0, 0.05) is 13.2 Å². The van der Waals surface area contributed by atoms with Gasteiger partial charge in [-0.3, -0.25) is 0 Å². The molecule has 3 nitrogen and oxygen atoms in total. The molecule has 2 N–H and O–H groups in total. The van der Waals surface area contributed by atoms with Gasteiger partial charge in [0.15, 0.2) is 0 Å². The van der Waals surface area contributed by atoms with Crippen LogP contribution in [0.2, 0.25) is 0 Å². The lowest BCUT2D eigenvalue weighted by molar-refractivity contribution is 0.126. The van der Waals surface area contributed by atoms with Crippen LogP contribution < -0.4 is 0 Å². The third-order valence-electron chi connectivity index (χ3n) is 2.63. The van der Waals surface area contributed by atoms with Crippen molar-refractivity contribution in [1.29, 1.82) is 0 Å². The summed E-state index contributed by atoms with van der Waals surface area (Å²) in [6.45, 7) is 36.2. The van der Waals surface area contributed by atoms with Crippen LogP contribution in [-0.4, -0.2) is 36.6 Å². The van der Waals surface area contributed by atoms with Crippen molar-refractivity contribution in [3.8, 4) is 0 Å². The highest BCUT2D eigenvalue weighted by atomic mass is 16.5. The monoisotopic (exact) mass is 402 g/mol. The molecule has 0 bridgehead atoms. The number of hydrogen-bond donors (Lipinski definition) is 2. The number of unbranched alkanes of at least 4 members (excludes halogenated alkanes) is 7. The van der Waals surface area contributed by atoms with Crippen LogP contribution in [0.15, 0.2) is 65.8 Å². The molecule has 0 aliphatic heterocycles. The van der Waals surface area contributed by atoms with Crippen LogP contribution in [0.5, 0.6) is 0 Å². The fourth-order valence-corrected chi connectivity index (χ4v) is 1.54. The number of hydrogen-bond acceptors (Lipinski definition) is 3. The molecule has 0 saturated carbocycles. The molecule has 0 atom stereocenters. The molecule has 3 heteroatoms. The first-order valence-corrected chi connectivity index (χ1v) is 10.1. The maximum atomic E-state index is 7.62. The summed E-state index contributed by atoms with van der Waals surface area (Å²) in [6.07, 6.45) is 12.0. The Morgan fingerprint density at radius 1 is 0.464 bits per heavy atom. The lowest BCUT2D eigenvalue weighted by atomic mass is 10.2. The van der Waals surface area contributed by atoms with Gasteiger partial charge in [-0.1, -0.05) is 58.8 Å². The zero-order valence-corrected chi connectivity index (χ0v) is 19.6. The zero-order valence-electron chi connectivity index (χ0n) is 19.6. The molecule has 0 heterocycles. The van der Waals surface area contributed by atoms with Gasteiger partial charge < -0.3 is 14.9 Å². The van der Waals surface area contributed by atoms with E-state index in [2.05, 4.69) is 79.6 Å². The third kappa shape index (κ3) is 122. The smallest absolute Gasteiger partial charge is 0.0662 e. The molecule has 0 aromatic heterocycles. The highest BCUT2D eigenvalue weighted by molar-refractivity contribution is 4.43. The number of rotatable bonds is 12. The highest BCUT2D eigenvalue weighted by Gasteiger charge is 1.91. The molecular formula is C25H54O3. The molecule has 0 saturated heterocycles. The maximum absolute atomic E-state index is 7.62. The Hall–Kier alpha value is -1.42. The lowest BCUT2D eigenvalue weighted by Crippen LogP contribution is -1.97. The minimum Gasteiger partial charge on any atom is -0.394 e. The van der Waals surface area contributed by atoms with Crippen molar-refractivity contribution in [2.24, 2.45) is 0 Å². The molecule has 0 rings (SSSR count). The molecular weight excluding hydrogens is 348 g/mol. The van der Waals surface area contributed by atoms with Crippen LogP contribution in [0.4, 0.5) is 0 Å². The summed E-state index contributed by atoms with van der Waals surface area (Å²) in [5.41, 5.74) is 0. The van der Waals surface area contributed by atoms with Gasteiger partial charge in [-0.15, -0.1) is 65.8 Å². The van der Waals surface area contributed by atoms with E-state index in [4.69, 9.17) is 14.9 Å². The lowest BCUT2D eigenvalue weighted by Gasteiger charge is -2.03. The van der Waals surface area contributed by atoms with E-state index in [1.807, 2.05) is 0 Å². The third-order valence-corrected chi connectivity index (χ3v) is 2.63. The quantitative estimate of drug-likeness (QED) is 0.262. The fourth-order valence-electron chi connectivity index (χ4n) is 1.54. The Balaban J connectivity index is -0.0000000523. The SMILES string of the molecule is C=C.C=C.C=C.C=C.C=C.CCCCCCCOCCCCCC.OCCO. The van der Waals surface area contributed by atoms with Crippen LogP contribution >= 0.6 is 0 Å². The van der Waals surface area contributed by atoms with Gasteiger partial charge in [0.25, 0.3) is 0 Å². The predicted molar refractivity (Wildman–Crippen MR) is 134 cm³/mol. The van der Waals surface area contributed by atoms with Gasteiger partial charge in [-0.2, -0.15) is 0 Å². The molecule has 0 aromatic rings. The topological polar surface area (TPSA) is 49.7 Å². The van der Waals surface area contributed by atoms with E-state index in [1.165, 1.54) is 57.8 Å². The van der Waals surface area contributed by atoms with Crippen LogP contribution in [0.1, 0.15) is 71.6 Å². The first-order chi connectivity index (χ1) is 13.8. The average Bonchev–Trinajstić information content (AvgIpc) is 2.82. The summed E-state index contributed by atoms with van der Waals surface area (Å²) in [6, 6.07) is 0. The molecule has 0 radical (unpaired) electrons. The maximum Gasteiger partial charge on any atom is 0.0662 e. The van der Waals surface area contributed by atoms with Crippen LogP contribution in [0.25, 0.3) is 0 Å². The molecule has 0 amide bonds. The second kappa shape index (κ2) is 97.7. The van der Waals surface area contributed by atoms with Gasteiger partial charge in [-0.25, -0.2) is 0 Å². The fraction of sp³-hybridized carbons (Fsp3) is 0.600. The van der Waals surface area contributed by atoms with Crippen molar-refractivity contribution >= 4 is 0 Å². The van der Waals surface area contributed by atoms with Crippen molar-refractivity contribution < 1.29 is 14.9 Å². The number of aliphatic hydroxyl groups excluding tert-OH is 2. The second-order valence-corrected chi connectivity index (χ2v) is 4.53. The Bertz CT molecular complexity index is 150. The van der Waals surface area contributed by atoms with E-state index >= 15 is 0 Å². The van der Waals surface area contributed by atoms with Gasteiger partial charge >= 0.3 is 0 Å². The summed E-state index contributed by atoms with van der Waals surface area (Å²) in [4.78, 5) is 0. The van der Waals surface area contributed by atoms with Crippen molar-refractivity contribution in [1.82, 2.24) is 0 Å². The van der Waals surface area contributed by atoms with Crippen molar-refractivity contribution in [2.75, 3.05) is 26.4 Å². The van der Waals surface area contributed by atoms with Crippen LogP contribution in [0.3, 0.4) is 0 Å². The standard InChI is InChI=1S/C13H28O.C2H6O2.5C2H4/c1-3-5-7-9-11-13-14-12-10-8-6-4-2;3-1-2-4;5*1-2/h3-13H2,1-2H3;3-4H,1-2H2;5*1-2H2. The van der Waals surface area contributed by atoms with E-state index in [-0.39, 0.29) is 13.2 Å². The Morgan fingerprint density at radius 2 is 0.714 bits per heavy atom. The average molecular weight is 403 g/mol. The minimum absolute atomic E-state index is 0.125. The second-order valence-electron chi connectivity index (χ2n) is 4.53. The van der Waals surface area contributed by atoms with Crippen molar-refractivity contribution in [3.63, 3.8) is 0 Å². The molecule has 0 fully saturated rings. The van der Waals surface area contributed by atoms with Gasteiger partial charge in [0.05, 0.1) is 13.2 Å². The molecule has 0 unspecified atom stereocenters. The summed E-state index contributed by atoms with van der Waals surface area (Å²) in [5.74, 6) is 0. The molecule has 0 aliphatic carbocycles. The first kappa shape index (κ1) is 45.4. The largest absolute Gasteiger partial charge is 0.394 e. The highest BCUT2D eigenvalue weighted by Crippen LogP contribution is 2.03. The summed E-state index contributed by atoms with van der Waals surface area (Å²) < 4.78 is 5.56. The zero-order chi connectivity index (χ0) is 23.9. The normalized spacial score (nSPS) is 7.14.